The number of imide groups is 2. The first kappa shape index (κ1) is 32.5. The van der Waals surface area contributed by atoms with Crippen LogP contribution in [0.5, 0.6) is 5.75 Å². The summed E-state index contributed by atoms with van der Waals surface area (Å²) in [4.78, 5) is 52.1. The molecule has 4 amide bonds. The molecule has 7 rings (SSSR count). The molecule has 0 radical (unpaired) electrons. The van der Waals surface area contributed by atoms with Crippen molar-refractivity contribution in [1.29, 1.82) is 0 Å². The molecule has 2 aliphatic heterocycles. The van der Waals surface area contributed by atoms with Crippen molar-refractivity contribution in [2.75, 3.05) is 4.90 Å². The lowest BCUT2D eigenvalue weighted by molar-refractivity contribution is -0.143. The van der Waals surface area contributed by atoms with Crippen LogP contribution in [0.1, 0.15) is 56.4 Å². The Hall–Kier alpha value is -3.03. The number of aromatic hydroxyl groups is 1. The number of phenols is 1. The largest absolute Gasteiger partial charge is 0.508 e. The van der Waals surface area contributed by atoms with Crippen molar-refractivity contribution in [1.82, 2.24) is 4.90 Å². The molecule has 5 aliphatic rings. The monoisotopic (exact) mass is 760 g/mol. The summed E-state index contributed by atoms with van der Waals surface area (Å²) < 4.78 is 73.4. The molecule has 2 saturated heterocycles. The van der Waals surface area contributed by atoms with E-state index in [9.17, 15) is 37.5 Å². The first-order valence-electron chi connectivity index (χ1n) is 15.0. The molecule has 2 saturated carbocycles. The second kappa shape index (κ2) is 11.0. The van der Waals surface area contributed by atoms with E-state index in [4.69, 9.17) is 23.2 Å². The molecule has 15 heteroatoms. The SMILES string of the molecule is O=C1[C@H]2[C@H](CC=C3[C@H]2C[C@@]2(Cl)C(=O)N(c4c(F)c(F)c(F)c(F)c4F)C(=O)[C@@]2(Cl)[C@H]3c2cc(Br)ccc2O)C(=O)N1C1CCCCC1. The number of halogens is 8. The lowest BCUT2D eigenvalue weighted by Gasteiger charge is -2.50. The van der Waals surface area contributed by atoms with Gasteiger partial charge in [-0.3, -0.25) is 24.1 Å². The summed E-state index contributed by atoms with van der Waals surface area (Å²) in [5.74, 6) is -21.2. The molecule has 0 aromatic heterocycles. The highest BCUT2D eigenvalue weighted by Gasteiger charge is 2.77. The zero-order valence-electron chi connectivity index (χ0n) is 24.1. The van der Waals surface area contributed by atoms with E-state index in [1.165, 1.54) is 23.1 Å². The van der Waals surface area contributed by atoms with Crippen LogP contribution in [0, 0.1) is 46.8 Å². The maximum Gasteiger partial charge on any atom is 0.258 e. The first-order valence-corrected chi connectivity index (χ1v) is 16.5. The predicted octanol–water partition coefficient (Wildman–Crippen LogP) is 6.75. The number of amides is 4. The zero-order chi connectivity index (χ0) is 33.9. The molecule has 6 atom stereocenters. The van der Waals surface area contributed by atoms with E-state index >= 15 is 8.78 Å². The number of carbonyl (C=O) groups is 4. The standard InChI is InChI=1S/C32H24BrCl2F5N2O5/c33-12-6-9-18(43)16(10-12)20-14-7-8-15-19(28(45)41(27(15)44)13-4-2-1-3-5-13)17(14)11-31(34)29(46)42(30(47)32(20,31)35)26-24(39)22(37)21(36)23(38)25(26)40/h6-7,9-10,13,15,17,19-20,43H,1-5,8,11H2/t15-,17+,19-,20+,31+,32-/m0/s1. The van der Waals surface area contributed by atoms with E-state index in [-0.39, 0.29) is 34.4 Å². The molecule has 0 unspecified atom stereocenters. The molecule has 248 valence electrons. The Morgan fingerprint density at radius 2 is 1.45 bits per heavy atom. The minimum Gasteiger partial charge on any atom is -0.508 e. The number of likely N-dealkylation sites (tertiary alicyclic amines) is 1. The van der Waals surface area contributed by atoms with E-state index < -0.39 is 98.1 Å². The van der Waals surface area contributed by atoms with Gasteiger partial charge in [0.1, 0.15) is 11.4 Å². The Morgan fingerprint density at radius 1 is 0.830 bits per heavy atom. The summed E-state index contributed by atoms with van der Waals surface area (Å²) >= 11 is 17.5. The van der Waals surface area contributed by atoms with Gasteiger partial charge in [-0.15, -0.1) is 23.2 Å². The van der Waals surface area contributed by atoms with Crippen LogP contribution in [-0.4, -0.2) is 49.4 Å². The Bertz CT molecular complexity index is 1810. The molecule has 0 bridgehead atoms. The van der Waals surface area contributed by atoms with Gasteiger partial charge in [0.05, 0.1) is 11.8 Å². The maximum atomic E-state index is 15.2. The van der Waals surface area contributed by atoms with Crippen molar-refractivity contribution < 1.29 is 46.2 Å². The molecule has 0 spiro atoms. The Kier molecular flexibility index (Phi) is 7.61. The van der Waals surface area contributed by atoms with Gasteiger partial charge in [0.25, 0.3) is 11.8 Å². The normalized spacial score (nSPS) is 32.5. The highest BCUT2D eigenvalue weighted by molar-refractivity contribution is 9.10. The smallest absolute Gasteiger partial charge is 0.258 e. The fourth-order valence-electron chi connectivity index (χ4n) is 8.39. The Balaban J connectivity index is 1.43. The van der Waals surface area contributed by atoms with Gasteiger partial charge in [0.15, 0.2) is 33.0 Å². The minimum atomic E-state index is -2.70. The molecule has 4 fully saturated rings. The van der Waals surface area contributed by atoms with Crippen molar-refractivity contribution in [3.63, 3.8) is 0 Å². The summed E-state index contributed by atoms with van der Waals surface area (Å²) in [7, 11) is 0. The van der Waals surface area contributed by atoms with Crippen LogP contribution in [-0.2, 0) is 19.2 Å². The van der Waals surface area contributed by atoms with E-state index in [0.717, 1.165) is 19.3 Å². The number of anilines is 1. The minimum absolute atomic E-state index is 0.0430. The third-order valence-corrected chi connectivity index (χ3v) is 12.4. The van der Waals surface area contributed by atoms with E-state index in [1.807, 2.05) is 0 Å². The molecule has 2 aromatic carbocycles. The van der Waals surface area contributed by atoms with Crippen LogP contribution >= 0.6 is 39.1 Å². The molecular formula is C32H24BrCl2F5N2O5. The maximum absolute atomic E-state index is 15.2. The van der Waals surface area contributed by atoms with Crippen molar-refractivity contribution in [3.8, 4) is 5.75 Å². The average Bonchev–Trinajstić information content (AvgIpc) is 3.39. The van der Waals surface area contributed by atoms with Gasteiger partial charge in [0.2, 0.25) is 17.6 Å². The second-order valence-electron chi connectivity index (χ2n) is 12.7. The van der Waals surface area contributed by atoms with Crippen LogP contribution in [0.25, 0.3) is 0 Å². The summed E-state index contributed by atoms with van der Waals surface area (Å²) in [6.07, 6.45) is 4.94. The highest BCUT2D eigenvalue weighted by atomic mass is 79.9. The Morgan fingerprint density at radius 3 is 2.09 bits per heavy atom. The number of allylic oxidation sites excluding steroid dienone is 2. The molecular weight excluding hydrogens is 738 g/mol. The van der Waals surface area contributed by atoms with Gasteiger partial charge in [-0.1, -0.05) is 46.8 Å². The van der Waals surface area contributed by atoms with Crippen molar-refractivity contribution in [2.45, 2.75) is 66.7 Å². The summed E-state index contributed by atoms with van der Waals surface area (Å²) in [5.41, 5.74) is -1.64. The quantitative estimate of drug-likeness (QED) is 0.0934. The average molecular weight is 762 g/mol. The molecule has 2 heterocycles. The van der Waals surface area contributed by atoms with Crippen LogP contribution in [0.4, 0.5) is 27.6 Å². The summed E-state index contributed by atoms with van der Waals surface area (Å²) in [5, 5.41) is 11.1. The topological polar surface area (TPSA) is 95.0 Å². The van der Waals surface area contributed by atoms with E-state index in [2.05, 4.69) is 15.9 Å². The number of carbonyl (C=O) groups excluding carboxylic acids is 4. The Labute approximate surface area is 282 Å². The van der Waals surface area contributed by atoms with Gasteiger partial charge in [-0.25, -0.2) is 26.9 Å². The predicted molar refractivity (Wildman–Crippen MR) is 161 cm³/mol. The third-order valence-electron chi connectivity index (χ3n) is 10.5. The number of rotatable bonds is 3. The third kappa shape index (κ3) is 4.20. The van der Waals surface area contributed by atoms with Gasteiger partial charge < -0.3 is 5.11 Å². The molecule has 1 N–H and O–H groups in total. The second-order valence-corrected chi connectivity index (χ2v) is 14.9. The van der Waals surface area contributed by atoms with Gasteiger partial charge in [-0.05, 0) is 49.8 Å². The summed E-state index contributed by atoms with van der Waals surface area (Å²) in [6, 6.07) is 3.78. The lowest BCUT2D eigenvalue weighted by Crippen LogP contribution is -2.60. The summed E-state index contributed by atoms with van der Waals surface area (Å²) in [6.45, 7) is 0. The molecule has 47 heavy (non-hydrogen) atoms. The van der Waals surface area contributed by atoms with Crippen molar-refractivity contribution in [2.24, 2.45) is 17.8 Å². The number of benzene rings is 2. The van der Waals surface area contributed by atoms with Crippen LogP contribution < -0.4 is 4.90 Å². The molecule has 2 aromatic rings. The van der Waals surface area contributed by atoms with Gasteiger partial charge >= 0.3 is 0 Å². The van der Waals surface area contributed by atoms with Crippen molar-refractivity contribution >= 4 is 68.4 Å². The lowest BCUT2D eigenvalue weighted by atomic mass is 9.56. The number of hydrogen-bond acceptors (Lipinski definition) is 5. The van der Waals surface area contributed by atoms with Gasteiger partial charge in [0, 0.05) is 22.0 Å². The van der Waals surface area contributed by atoms with Crippen LogP contribution in [0.2, 0.25) is 0 Å². The zero-order valence-corrected chi connectivity index (χ0v) is 27.2. The number of nitrogens with zero attached hydrogens (tertiary/aromatic N) is 2. The fraction of sp³-hybridized carbons (Fsp3) is 0.438. The van der Waals surface area contributed by atoms with Crippen molar-refractivity contribution in [3.05, 3.63) is 69.0 Å². The van der Waals surface area contributed by atoms with Gasteiger partial charge in [-0.2, -0.15) is 0 Å². The number of hydrogen-bond donors (Lipinski definition) is 1. The molecule has 3 aliphatic carbocycles. The van der Waals surface area contributed by atoms with Crippen LogP contribution in [0.15, 0.2) is 34.3 Å². The number of fused-ring (bicyclic) bond motifs is 4. The van der Waals surface area contributed by atoms with E-state index in [1.54, 1.807) is 6.08 Å². The van der Waals surface area contributed by atoms with E-state index in [0.29, 0.717) is 17.3 Å². The van der Waals surface area contributed by atoms with Crippen LogP contribution in [0.3, 0.4) is 0 Å². The first-order chi connectivity index (χ1) is 22.2. The highest BCUT2D eigenvalue weighted by Crippen LogP contribution is 2.67. The number of phenolic OH excluding ortho intramolecular Hbond substituents is 1. The molecule has 7 nitrogen and oxygen atoms in total. The fourth-order valence-corrected chi connectivity index (χ4v) is 9.70. The number of alkyl halides is 2.